The van der Waals surface area contributed by atoms with E-state index in [2.05, 4.69) is 20.0 Å². The number of benzene rings is 2. The summed E-state index contributed by atoms with van der Waals surface area (Å²) in [6.07, 6.45) is -0.680. The number of anilines is 1. The highest BCUT2D eigenvalue weighted by Gasteiger charge is 2.18. The van der Waals surface area contributed by atoms with Gasteiger partial charge in [-0.1, -0.05) is 6.07 Å². The summed E-state index contributed by atoms with van der Waals surface area (Å²) >= 11 is 0. The van der Waals surface area contributed by atoms with Crippen LogP contribution < -0.4 is 14.2 Å². The van der Waals surface area contributed by atoms with Gasteiger partial charge < -0.3 is 18.6 Å². The predicted octanol–water partition coefficient (Wildman–Crippen LogP) is 2.52. The molecule has 26 heavy (non-hydrogen) atoms. The number of ether oxygens (including phenoxy) is 2. The summed E-state index contributed by atoms with van der Waals surface area (Å²) in [6, 6.07) is 10.4. The van der Waals surface area contributed by atoms with E-state index in [0.717, 1.165) is 0 Å². The van der Waals surface area contributed by atoms with E-state index in [-0.39, 0.29) is 16.6 Å². The van der Waals surface area contributed by atoms with Gasteiger partial charge in [0.05, 0.1) is 25.3 Å². The van der Waals surface area contributed by atoms with Crippen LogP contribution in [0.15, 0.2) is 47.4 Å². The Morgan fingerprint density at radius 1 is 1.12 bits per heavy atom. The van der Waals surface area contributed by atoms with Crippen molar-refractivity contribution in [1.82, 2.24) is 9.97 Å². The molecule has 9 nitrogen and oxygen atoms in total. The Labute approximate surface area is 149 Å². The third-order valence-corrected chi connectivity index (χ3v) is 4.64. The Hall–Kier alpha value is -3.27. The van der Waals surface area contributed by atoms with E-state index in [1.165, 1.54) is 38.5 Å². The second-order valence-electron chi connectivity index (χ2n) is 5.10. The molecule has 0 aliphatic rings. The van der Waals surface area contributed by atoms with E-state index >= 15 is 0 Å². The first-order chi connectivity index (χ1) is 12.4. The zero-order valence-electron chi connectivity index (χ0n) is 13.8. The average Bonchev–Trinajstić information content (AvgIpc) is 3.02. The Bertz CT molecular complexity index is 1060. The SMILES string of the molecule is COC(=O)Nc1nc2cc(OS(=O)(=O)c3cccc(OC)c3)ccc2[nH]1. The first-order valence-electron chi connectivity index (χ1n) is 7.34. The highest BCUT2D eigenvalue weighted by molar-refractivity contribution is 7.87. The fourth-order valence-corrected chi connectivity index (χ4v) is 3.13. The molecule has 0 saturated carbocycles. The summed E-state index contributed by atoms with van der Waals surface area (Å²) in [5.74, 6) is 0.645. The standard InChI is InChI=1S/C16H15N3O6S/c1-23-10-4-3-5-12(8-10)26(21,22)25-11-6-7-13-14(9-11)18-15(17-13)19-16(20)24-2/h3-9H,1-2H3,(H2,17,18,19,20). The molecular weight excluding hydrogens is 362 g/mol. The lowest BCUT2D eigenvalue weighted by Crippen LogP contribution is -2.11. The Kier molecular flexibility index (Phi) is 4.67. The Morgan fingerprint density at radius 3 is 2.65 bits per heavy atom. The molecule has 0 fully saturated rings. The van der Waals surface area contributed by atoms with Gasteiger partial charge in [-0.2, -0.15) is 8.42 Å². The van der Waals surface area contributed by atoms with Gasteiger partial charge in [0, 0.05) is 12.1 Å². The van der Waals surface area contributed by atoms with E-state index in [0.29, 0.717) is 16.8 Å². The number of imidazole rings is 1. The van der Waals surface area contributed by atoms with Gasteiger partial charge in [-0.05, 0) is 24.3 Å². The quantitative estimate of drug-likeness (QED) is 0.656. The number of carbonyl (C=O) groups is 1. The summed E-state index contributed by atoms with van der Waals surface area (Å²) in [6.45, 7) is 0. The van der Waals surface area contributed by atoms with Crippen molar-refractivity contribution in [2.24, 2.45) is 0 Å². The number of aromatic nitrogens is 2. The van der Waals surface area contributed by atoms with Crippen LogP contribution in [0.3, 0.4) is 0 Å². The number of nitrogens with zero attached hydrogens (tertiary/aromatic N) is 1. The van der Waals surface area contributed by atoms with Gasteiger partial charge in [-0.15, -0.1) is 0 Å². The normalized spacial score (nSPS) is 11.2. The molecule has 0 atom stereocenters. The molecule has 3 aromatic rings. The maximum atomic E-state index is 12.4. The smallest absolute Gasteiger partial charge is 0.413 e. The Morgan fingerprint density at radius 2 is 1.92 bits per heavy atom. The van der Waals surface area contributed by atoms with Gasteiger partial charge in [-0.25, -0.2) is 9.78 Å². The van der Waals surface area contributed by atoms with Gasteiger partial charge in [0.1, 0.15) is 16.4 Å². The number of nitrogens with one attached hydrogen (secondary N) is 2. The number of rotatable bonds is 5. The number of hydrogen-bond donors (Lipinski definition) is 2. The lowest BCUT2D eigenvalue weighted by atomic mass is 10.3. The summed E-state index contributed by atoms with van der Waals surface area (Å²) in [7, 11) is -1.37. The molecule has 1 amide bonds. The van der Waals surface area contributed by atoms with Crippen molar-refractivity contribution < 1.29 is 26.9 Å². The maximum Gasteiger partial charge on any atom is 0.413 e. The highest BCUT2D eigenvalue weighted by atomic mass is 32.2. The van der Waals surface area contributed by atoms with Crippen molar-refractivity contribution in [3.05, 3.63) is 42.5 Å². The third kappa shape index (κ3) is 3.70. The molecule has 136 valence electrons. The number of hydrogen-bond acceptors (Lipinski definition) is 7. The van der Waals surface area contributed by atoms with Crippen molar-refractivity contribution in [3.8, 4) is 11.5 Å². The molecule has 0 spiro atoms. The number of aromatic amines is 1. The molecule has 1 aromatic heterocycles. The van der Waals surface area contributed by atoms with Crippen LogP contribution in [0.5, 0.6) is 11.5 Å². The van der Waals surface area contributed by atoms with Crippen LogP contribution >= 0.6 is 0 Å². The van der Waals surface area contributed by atoms with Gasteiger partial charge in [0.2, 0.25) is 5.95 Å². The van der Waals surface area contributed by atoms with Gasteiger partial charge in [0.15, 0.2) is 0 Å². The molecule has 0 saturated heterocycles. The van der Waals surface area contributed by atoms with Crippen molar-refractivity contribution in [2.75, 3.05) is 19.5 Å². The third-order valence-electron chi connectivity index (χ3n) is 3.40. The van der Waals surface area contributed by atoms with E-state index in [1.54, 1.807) is 18.2 Å². The van der Waals surface area contributed by atoms with Gasteiger partial charge in [0.25, 0.3) is 0 Å². The van der Waals surface area contributed by atoms with Crippen molar-refractivity contribution in [2.45, 2.75) is 4.90 Å². The van der Waals surface area contributed by atoms with Crippen molar-refractivity contribution in [3.63, 3.8) is 0 Å². The predicted molar refractivity (Wildman–Crippen MR) is 92.9 cm³/mol. The average molecular weight is 377 g/mol. The minimum Gasteiger partial charge on any atom is -0.497 e. The topological polar surface area (TPSA) is 120 Å². The Balaban J connectivity index is 1.86. The second kappa shape index (κ2) is 6.92. The lowest BCUT2D eigenvalue weighted by molar-refractivity contribution is 0.186. The molecule has 10 heteroatoms. The molecule has 1 heterocycles. The fourth-order valence-electron chi connectivity index (χ4n) is 2.18. The monoisotopic (exact) mass is 377 g/mol. The highest BCUT2D eigenvalue weighted by Crippen LogP contribution is 2.25. The molecule has 0 aliphatic carbocycles. The zero-order valence-corrected chi connectivity index (χ0v) is 14.7. The largest absolute Gasteiger partial charge is 0.497 e. The molecular formula is C16H15N3O6S. The number of methoxy groups -OCH3 is 2. The van der Waals surface area contributed by atoms with E-state index < -0.39 is 16.2 Å². The van der Waals surface area contributed by atoms with Crippen molar-refractivity contribution in [1.29, 1.82) is 0 Å². The van der Waals surface area contributed by atoms with E-state index in [1.807, 2.05) is 0 Å². The van der Waals surface area contributed by atoms with Gasteiger partial charge in [-0.3, -0.25) is 5.32 Å². The zero-order chi connectivity index (χ0) is 18.7. The van der Waals surface area contributed by atoms with Crippen LogP contribution in [-0.4, -0.2) is 38.7 Å². The van der Waals surface area contributed by atoms with Crippen LogP contribution in [0.4, 0.5) is 10.7 Å². The summed E-state index contributed by atoms with van der Waals surface area (Å²) in [4.78, 5) is 18.2. The van der Waals surface area contributed by atoms with Crippen LogP contribution in [-0.2, 0) is 14.9 Å². The molecule has 2 aromatic carbocycles. The summed E-state index contributed by atoms with van der Waals surface area (Å²) in [5.41, 5.74) is 0.997. The van der Waals surface area contributed by atoms with Crippen LogP contribution in [0.25, 0.3) is 11.0 Å². The van der Waals surface area contributed by atoms with E-state index in [9.17, 15) is 13.2 Å². The second-order valence-corrected chi connectivity index (χ2v) is 6.64. The van der Waals surface area contributed by atoms with Crippen LogP contribution in [0, 0.1) is 0 Å². The summed E-state index contributed by atoms with van der Waals surface area (Å²) in [5, 5.41) is 2.39. The number of fused-ring (bicyclic) bond motifs is 1. The first kappa shape index (κ1) is 17.5. The van der Waals surface area contributed by atoms with Crippen molar-refractivity contribution >= 4 is 33.2 Å². The number of amides is 1. The molecule has 0 radical (unpaired) electrons. The van der Waals surface area contributed by atoms with Crippen LogP contribution in [0.1, 0.15) is 0 Å². The molecule has 2 N–H and O–H groups in total. The molecule has 0 bridgehead atoms. The summed E-state index contributed by atoms with van der Waals surface area (Å²) < 4.78 is 39.5. The number of H-pyrrole nitrogens is 1. The first-order valence-corrected chi connectivity index (χ1v) is 8.75. The molecule has 0 unspecified atom stereocenters. The molecule has 3 rings (SSSR count). The van der Waals surface area contributed by atoms with Gasteiger partial charge >= 0.3 is 16.2 Å². The van der Waals surface area contributed by atoms with E-state index in [4.69, 9.17) is 8.92 Å². The fraction of sp³-hybridized carbons (Fsp3) is 0.125. The lowest BCUT2D eigenvalue weighted by Gasteiger charge is -2.08. The maximum absolute atomic E-state index is 12.4. The number of carbonyl (C=O) groups excluding carboxylic acids is 1. The van der Waals surface area contributed by atoms with Crippen LogP contribution in [0.2, 0.25) is 0 Å². The minimum atomic E-state index is -4.04. The molecule has 0 aliphatic heterocycles. The minimum absolute atomic E-state index is 0.0352.